The molecular formula is C16H18BrN3O4S. The van der Waals surface area contributed by atoms with Crippen molar-refractivity contribution in [2.24, 2.45) is 0 Å². The summed E-state index contributed by atoms with van der Waals surface area (Å²) in [7, 11) is 0. The van der Waals surface area contributed by atoms with E-state index in [4.69, 9.17) is 9.94 Å². The molecule has 1 aromatic heterocycles. The van der Waals surface area contributed by atoms with Crippen LogP contribution in [-0.4, -0.2) is 57.1 Å². The number of nitrogens with one attached hydrogen (secondary N) is 2. The number of aromatic amines is 1. The summed E-state index contributed by atoms with van der Waals surface area (Å²) >= 11 is 4.96. The van der Waals surface area contributed by atoms with Crippen LogP contribution in [0.1, 0.15) is 17.3 Å². The average molecular weight is 428 g/mol. The number of aromatic nitrogens is 1. The van der Waals surface area contributed by atoms with E-state index in [2.05, 4.69) is 26.2 Å². The van der Waals surface area contributed by atoms with Gasteiger partial charge in [-0.1, -0.05) is 0 Å². The molecule has 4 N–H and O–H groups in total. The van der Waals surface area contributed by atoms with E-state index in [-0.39, 0.29) is 17.8 Å². The first-order valence-corrected chi connectivity index (χ1v) is 9.93. The molecule has 0 saturated carbocycles. The molecule has 1 aromatic carbocycles. The summed E-state index contributed by atoms with van der Waals surface area (Å²) in [5, 5.41) is 24.9. The van der Waals surface area contributed by atoms with Crippen LogP contribution < -0.4 is 5.32 Å². The Morgan fingerprint density at radius 3 is 3.16 bits per heavy atom. The lowest BCUT2D eigenvalue weighted by atomic mass is 9.94. The van der Waals surface area contributed by atoms with Crippen LogP contribution in [-0.2, 0) is 16.1 Å². The molecule has 1 amide bonds. The maximum absolute atomic E-state index is 11.8. The second kappa shape index (κ2) is 6.81. The van der Waals surface area contributed by atoms with Crippen LogP contribution in [0, 0.1) is 0 Å². The maximum Gasteiger partial charge on any atom is 0.246 e. The maximum atomic E-state index is 11.8. The van der Waals surface area contributed by atoms with Gasteiger partial charge in [0.25, 0.3) is 0 Å². The van der Waals surface area contributed by atoms with Crippen molar-refractivity contribution in [3.63, 3.8) is 0 Å². The van der Waals surface area contributed by atoms with Crippen LogP contribution in [0.2, 0.25) is 0 Å². The van der Waals surface area contributed by atoms with E-state index >= 15 is 0 Å². The monoisotopic (exact) mass is 427 g/mol. The highest BCUT2D eigenvalue weighted by atomic mass is 79.9. The first kappa shape index (κ1) is 17.2. The van der Waals surface area contributed by atoms with Crippen molar-refractivity contribution in [1.29, 1.82) is 0 Å². The SMILES string of the molecule is O=C(CO)NC1CSCON2CCc3c([nH]c4cc(Br)c(O)cc34)C12. The van der Waals surface area contributed by atoms with Gasteiger partial charge in [0, 0.05) is 28.9 Å². The lowest BCUT2D eigenvalue weighted by Crippen LogP contribution is -2.49. The van der Waals surface area contributed by atoms with Crippen LogP contribution in [0.3, 0.4) is 0 Å². The number of benzene rings is 1. The third-order valence-electron chi connectivity index (χ3n) is 4.67. The Morgan fingerprint density at radius 2 is 2.36 bits per heavy atom. The lowest BCUT2D eigenvalue weighted by molar-refractivity contribution is -0.178. The summed E-state index contributed by atoms with van der Waals surface area (Å²) in [5.41, 5.74) is 3.06. The minimum absolute atomic E-state index is 0.164. The molecule has 2 aliphatic rings. The number of phenolic OH excluding ortho intramolecular Hbond substituents is 1. The number of carbonyl (C=O) groups is 1. The van der Waals surface area contributed by atoms with E-state index in [1.165, 1.54) is 0 Å². The Labute approximate surface area is 156 Å². The normalized spacial score (nSPS) is 23.8. The van der Waals surface area contributed by atoms with E-state index in [0.717, 1.165) is 28.6 Å². The van der Waals surface area contributed by atoms with Gasteiger partial charge in [0.1, 0.15) is 18.3 Å². The largest absolute Gasteiger partial charge is 0.507 e. The van der Waals surface area contributed by atoms with Crippen molar-refractivity contribution in [3.8, 4) is 5.75 Å². The van der Waals surface area contributed by atoms with Gasteiger partial charge in [-0.3, -0.25) is 9.63 Å². The third kappa shape index (κ3) is 3.04. The van der Waals surface area contributed by atoms with Gasteiger partial charge in [-0.15, -0.1) is 11.8 Å². The van der Waals surface area contributed by atoms with Gasteiger partial charge in [0.2, 0.25) is 5.91 Å². The smallest absolute Gasteiger partial charge is 0.246 e. The third-order valence-corrected chi connectivity index (χ3v) is 6.17. The number of hydroxylamine groups is 2. The summed E-state index contributed by atoms with van der Waals surface area (Å²) in [5.74, 6) is 1.03. The molecule has 1 fully saturated rings. The molecule has 0 spiro atoms. The molecule has 3 heterocycles. The fraction of sp³-hybridized carbons (Fsp3) is 0.438. The topological polar surface area (TPSA) is 97.8 Å². The zero-order chi connectivity index (χ0) is 17.6. The van der Waals surface area contributed by atoms with Crippen molar-refractivity contribution < 1.29 is 19.8 Å². The van der Waals surface area contributed by atoms with Crippen LogP contribution >= 0.6 is 27.7 Å². The zero-order valence-electron chi connectivity index (χ0n) is 13.3. The number of nitrogens with zero attached hydrogens (tertiary/aromatic N) is 1. The molecule has 4 rings (SSSR count). The quantitative estimate of drug-likeness (QED) is 0.581. The molecule has 0 bridgehead atoms. The summed E-state index contributed by atoms with van der Waals surface area (Å²) in [4.78, 5) is 21.1. The molecule has 2 aliphatic heterocycles. The molecule has 1 saturated heterocycles. The molecule has 9 heteroatoms. The Bertz CT molecular complexity index is 827. The molecule has 134 valence electrons. The van der Waals surface area contributed by atoms with Gasteiger partial charge >= 0.3 is 0 Å². The van der Waals surface area contributed by atoms with Crippen molar-refractivity contribution >= 4 is 44.5 Å². The van der Waals surface area contributed by atoms with Crippen molar-refractivity contribution in [2.45, 2.75) is 18.5 Å². The van der Waals surface area contributed by atoms with E-state index in [1.54, 1.807) is 17.8 Å². The molecular weight excluding hydrogens is 410 g/mol. The number of hydrogen-bond acceptors (Lipinski definition) is 6. The molecule has 2 aromatic rings. The number of fused-ring (bicyclic) bond motifs is 5. The summed E-state index contributed by atoms with van der Waals surface area (Å²) in [6.45, 7) is 0.169. The van der Waals surface area contributed by atoms with Crippen LogP contribution in [0.4, 0.5) is 0 Å². The highest BCUT2D eigenvalue weighted by Gasteiger charge is 2.39. The minimum atomic E-state index is -0.533. The number of thioether (sulfide) groups is 1. The van der Waals surface area contributed by atoms with Gasteiger partial charge in [0.15, 0.2) is 0 Å². The number of aliphatic hydroxyl groups is 1. The van der Waals surface area contributed by atoms with Gasteiger partial charge < -0.3 is 20.5 Å². The fourth-order valence-electron chi connectivity index (χ4n) is 3.60. The van der Waals surface area contributed by atoms with Gasteiger partial charge in [0.05, 0.1) is 16.6 Å². The number of rotatable bonds is 2. The first-order valence-electron chi connectivity index (χ1n) is 7.99. The average Bonchev–Trinajstić information content (AvgIpc) is 2.81. The van der Waals surface area contributed by atoms with Crippen molar-refractivity contribution in [1.82, 2.24) is 15.4 Å². The van der Waals surface area contributed by atoms with E-state index in [0.29, 0.717) is 22.7 Å². The van der Waals surface area contributed by atoms with Gasteiger partial charge in [-0.05, 0) is 40.0 Å². The minimum Gasteiger partial charge on any atom is -0.507 e. The highest BCUT2D eigenvalue weighted by Crippen LogP contribution is 2.41. The fourth-order valence-corrected chi connectivity index (χ4v) is 4.77. The number of carbonyl (C=O) groups excluding carboxylic acids is 1. The molecule has 2 unspecified atom stereocenters. The second-order valence-corrected chi connectivity index (χ2v) is 7.98. The molecule has 2 atom stereocenters. The Balaban J connectivity index is 1.81. The van der Waals surface area contributed by atoms with Gasteiger partial charge in [-0.25, -0.2) is 0 Å². The standard InChI is InChI=1S/C16H18BrN3O4S/c17-10-4-11-9(3-13(10)22)8-1-2-20-16(15(8)19-11)12(6-25-7-24-20)18-14(23)5-21/h3-4,12,16,19,21-22H,1-2,5-7H2,(H,18,23). The highest BCUT2D eigenvalue weighted by molar-refractivity contribution is 9.10. The first-order chi connectivity index (χ1) is 12.1. The van der Waals surface area contributed by atoms with Crippen molar-refractivity contribution in [2.75, 3.05) is 24.8 Å². The van der Waals surface area contributed by atoms with Crippen molar-refractivity contribution in [3.05, 3.63) is 27.9 Å². The van der Waals surface area contributed by atoms with Crippen LogP contribution in [0.15, 0.2) is 16.6 Å². The number of aromatic hydroxyl groups is 1. The summed E-state index contributed by atoms with van der Waals surface area (Å²) in [6, 6.07) is 3.28. The van der Waals surface area contributed by atoms with Gasteiger partial charge in [-0.2, -0.15) is 5.06 Å². The Kier molecular flexibility index (Phi) is 4.67. The number of halogens is 1. The number of amides is 1. The Morgan fingerprint density at radius 1 is 1.52 bits per heavy atom. The van der Waals surface area contributed by atoms with E-state index in [1.807, 2.05) is 11.1 Å². The number of hydrogen-bond donors (Lipinski definition) is 4. The molecule has 0 aliphatic carbocycles. The lowest BCUT2D eigenvalue weighted by Gasteiger charge is -2.37. The van der Waals surface area contributed by atoms with Crippen LogP contribution in [0.25, 0.3) is 10.9 Å². The Hall–Kier alpha value is -1.26. The van der Waals surface area contributed by atoms with Crippen LogP contribution in [0.5, 0.6) is 5.75 Å². The molecule has 25 heavy (non-hydrogen) atoms. The summed E-state index contributed by atoms with van der Waals surface area (Å²) in [6.07, 6.45) is 0.790. The zero-order valence-corrected chi connectivity index (χ0v) is 15.7. The van der Waals surface area contributed by atoms with E-state index < -0.39 is 12.5 Å². The molecule has 0 radical (unpaired) electrons. The molecule has 7 nitrogen and oxygen atoms in total. The number of aliphatic hydroxyl groups excluding tert-OH is 1. The summed E-state index contributed by atoms with van der Waals surface area (Å²) < 4.78 is 0.633. The second-order valence-electron chi connectivity index (χ2n) is 6.15. The number of phenols is 1. The predicted molar refractivity (Wildman–Crippen MR) is 98.2 cm³/mol. The predicted octanol–water partition coefficient (Wildman–Crippen LogP) is 1.65. The van der Waals surface area contributed by atoms with E-state index in [9.17, 15) is 9.90 Å². The number of H-pyrrole nitrogens is 1.